The first-order valence-corrected chi connectivity index (χ1v) is 1.65. The largest absolute Gasteiger partial charge is 0.498 e. The third-order valence-electron chi connectivity index (χ3n) is 0.129. The Morgan fingerprint density at radius 1 is 2.00 bits per heavy atom. The Kier molecular flexibility index (Phi) is 3.82. The van der Waals surface area contributed by atoms with Gasteiger partial charge >= 0.3 is 6.76 Å². The summed E-state index contributed by atoms with van der Waals surface area (Å²) < 4.78 is 4.41. The summed E-state index contributed by atoms with van der Waals surface area (Å²) in [4.78, 5) is 0. The first kappa shape index (κ1) is 4.44. The van der Waals surface area contributed by atoms with E-state index >= 15 is 0 Å². The quantitative estimate of drug-likeness (QED) is 0.302. The minimum absolute atomic E-state index is 0.514. The molecule has 0 saturated heterocycles. The molecule has 1 nitrogen and oxygen atoms in total. The predicted molar refractivity (Wildman–Crippen MR) is 25.8 cm³/mol. The summed E-state index contributed by atoms with van der Waals surface area (Å²) in [5.41, 5.74) is 0. The Balaban J connectivity index is 1.97. The maximum atomic E-state index is 4.41. The molecule has 0 spiro atoms. The monoisotopic (exact) mass is 74.0 g/mol. The summed E-state index contributed by atoms with van der Waals surface area (Å²) in [6.07, 6.45) is 0. The summed E-state index contributed by atoms with van der Waals surface area (Å²) in [5, 5.41) is 0. The van der Waals surface area contributed by atoms with Gasteiger partial charge in [0.1, 0.15) is 0 Å². The van der Waals surface area contributed by atoms with E-state index in [0.717, 1.165) is 0 Å². The van der Waals surface area contributed by atoms with Crippen molar-refractivity contribution in [2.45, 2.75) is 0 Å². The molecular formula is H4B2OS. The summed E-state index contributed by atoms with van der Waals surface area (Å²) >= 11 is 3.70. The molecule has 0 aliphatic carbocycles. The van der Waals surface area contributed by atoms with Crippen LogP contribution in [0.4, 0.5) is 0 Å². The second-order valence-corrected chi connectivity index (χ2v) is 0.676. The van der Waals surface area contributed by atoms with Gasteiger partial charge in [0, 0.05) is 0 Å². The molecule has 0 saturated carbocycles. The minimum atomic E-state index is 0.514. The molecule has 0 aliphatic rings. The van der Waals surface area contributed by atoms with Gasteiger partial charge in [0.15, 0.2) is 0 Å². The molecule has 0 radical (unpaired) electrons. The zero-order chi connectivity index (χ0) is 3.41. The van der Waals surface area contributed by atoms with E-state index in [1.165, 1.54) is 0 Å². The van der Waals surface area contributed by atoms with Crippen LogP contribution in [0.3, 0.4) is 0 Å². The van der Waals surface area contributed by atoms with Crippen LogP contribution in [0.2, 0.25) is 0 Å². The molecule has 0 aromatic carbocycles. The molecule has 4 heteroatoms. The second kappa shape index (κ2) is 3.44. The number of thiol groups is 1. The van der Waals surface area contributed by atoms with Gasteiger partial charge in [-0.25, -0.2) is 0 Å². The summed E-state index contributed by atoms with van der Waals surface area (Å²) in [6.45, 7) is 0.514. The highest BCUT2D eigenvalue weighted by Crippen LogP contribution is 1.58. The molecule has 22 valence electrons. The molecule has 4 heavy (non-hydrogen) atoms. The zero-order valence-corrected chi connectivity index (χ0v) is 3.46. The van der Waals surface area contributed by atoms with Crippen LogP contribution in [0.1, 0.15) is 0 Å². The van der Waals surface area contributed by atoms with Crippen LogP contribution in [-0.2, 0) is 4.57 Å². The van der Waals surface area contributed by atoms with Crippen LogP contribution in [0, 0.1) is 0 Å². The van der Waals surface area contributed by atoms with Crippen molar-refractivity contribution < 1.29 is 4.57 Å². The lowest BCUT2D eigenvalue weighted by Gasteiger charge is -1.72. The Bertz CT molecular complexity index is 8.00. The normalized spacial score (nSPS) is 6.25. The molecule has 0 aliphatic heterocycles. The average molecular weight is 73.7 g/mol. The van der Waals surface area contributed by atoms with E-state index in [2.05, 4.69) is 17.1 Å². The van der Waals surface area contributed by atoms with E-state index in [1.807, 2.05) is 0 Å². The molecular weight excluding hydrogens is 69.7 g/mol. The van der Waals surface area contributed by atoms with E-state index in [1.54, 1.807) is 8.05 Å². The molecule has 0 N–H and O–H groups in total. The van der Waals surface area contributed by atoms with Gasteiger partial charge in [-0.05, 0) is 0 Å². The van der Waals surface area contributed by atoms with Crippen LogP contribution in [0.5, 0.6) is 0 Å². The van der Waals surface area contributed by atoms with Crippen molar-refractivity contribution in [2.75, 3.05) is 0 Å². The van der Waals surface area contributed by atoms with E-state index in [-0.39, 0.29) is 0 Å². The molecule has 0 bridgehead atoms. The van der Waals surface area contributed by atoms with E-state index in [0.29, 0.717) is 6.76 Å². The van der Waals surface area contributed by atoms with Crippen LogP contribution in [-0.4, -0.2) is 14.8 Å². The second-order valence-electron chi connectivity index (χ2n) is 0.418. The lowest BCUT2D eigenvalue weighted by molar-refractivity contribution is 0.685. The van der Waals surface area contributed by atoms with E-state index in [9.17, 15) is 0 Å². The highest BCUT2D eigenvalue weighted by Gasteiger charge is 1.61. The molecule has 0 amide bonds. The topological polar surface area (TPSA) is 9.23 Å². The molecule has 0 fully saturated rings. The lowest BCUT2D eigenvalue weighted by atomic mass is 10.4. The minimum Gasteiger partial charge on any atom is -0.498 e. The first-order chi connectivity index (χ1) is 1.91. The molecule has 0 rings (SSSR count). The first-order valence-electron chi connectivity index (χ1n) is 1.01. The average Bonchev–Trinajstić information content (AvgIpc) is 1.37. The van der Waals surface area contributed by atoms with E-state index in [4.69, 9.17) is 0 Å². The fraction of sp³-hybridized carbons (Fsp3) is 0. The Hall–Kier alpha value is 0.440. The van der Waals surface area contributed by atoms with Crippen LogP contribution in [0.15, 0.2) is 0 Å². The van der Waals surface area contributed by atoms with Gasteiger partial charge in [-0.2, -0.15) is 12.5 Å². The number of rotatable bonds is 1. The third-order valence-corrected chi connectivity index (χ3v) is 0.387. The molecule has 0 heterocycles. The summed E-state index contributed by atoms with van der Waals surface area (Å²) in [5.74, 6) is 0. The van der Waals surface area contributed by atoms with Crippen molar-refractivity contribution in [1.29, 1.82) is 0 Å². The maximum absolute atomic E-state index is 4.41. The summed E-state index contributed by atoms with van der Waals surface area (Å²) in [6, 6.07) is 0. The van der Waals surface area contributed by atoms with Gasteiger partial charge in [0.05, 0.1) is 0 Å². The third kappa shape index (κ3) is 2.44. The maximum Gasteiger partial charge on any atom is 0.323 e. The molecule has 0 aromatic heterocycles. The smallest absolute Gasteiger partial charge is 0.323 e. The fourth-order valence-electron chi connectivity index (χ4n) is 0. The van der Waals surface area contributed by atoms with Crippen LogP contribution < -0.4 is 0 Å². The van der Waals surface area contributed by atoms with Crippen molar-refractivity contribution >= 4 is 27.3 Å². The Morgan fingerprint density at radius 3 is 2.25 bits per heavy atom. The fourth-order valence-corrected chi connectivity index (χ4v) is 0. The van der Waals surface area contributed by atoms with Gasteiger partial charge < -0.3 is 4.57 Å². The standard InChI is InChI=1S/B2H4OS/c1-3-2-4/h2,4H,1H2. The molecule has 0 aromatic rings. The van der Waals surface area contributed by atoms with Gasteiger partial charge in [-0.15, -0.1) is 0 Å². The molecule has 0 unspecified atom stereocenters. The number of hydrogen-bond acceptors (Lipinski definition) is 2. The van der Waals surface area contributed by atoms with Crippen molar-refractivity contribution in [3.8, 4) is 0 Å². The van der Waals surface area contributed by atoms with Crippen molar-refractivity contribution in [3.63, 3.8) is 0 Å². The van der Waals surface area contributed by atoms with Crippen LogP contribution >= 0.6 is 12.5 Å². The summed E-state index contributed by atoms with van der Waals surface area (Å²) in [7, 11) is 1.60. The highest BCUT2D eigenvalue weighted by molar-refractivity contribution is 8.06. The molecule has 0 atom stereocenters. The number of hydrogen-bond donors (Lipinski definition) is 1. The van der Waals surface area contributed by atoms with Gasteiger partial charge in [-0.3, -0.25) is 0 Å². The highest BCUT2D eigenvalue weighted by atomic mass is 32.1. The van der Waals surface area contributed by atoms with Gasteiger partial charge in [0.2, 0.25) is 8.05 Å². The van der Waals surface area contributed by atoms with E-state index < -0.39 is 0 Å². The van der Waals surface area contributed by atoms with Gasteiger partial charge in [0.25, 0.3) is 0 Å². The van der Waals surface area contributed by atoms with Crippen molar-refractivity contribution in [2.24, 2.45) is 0 Å². The predicted octanol–water partition coefficient (Wildman–Crippen LogP) is -1.25. The SMILES string of the molecule is BOBS. The van der Waals surface area contributed by atoms with Crippen molar-refractivity contribution in [1.82, 2.24) is 0 Å². The zero-order valence-electron chi connectivity index (χ0n) is 2.56. The van der Waals surface area contributed by atoms with Gasteiger partial charge in [-0.1, -0.05) is 0 Å². The van der Waals surface area contributed by atoms with Crippen LogP contribution in [0.25, 0.3) is 0 Å². The Morgan fingerprint density at radius 2 is 2.25 bits per heavy atom. The van der Waals surface area contributed by atoms with Crippen molar-refractivity contribution in [3.05, 3.63) is 0 Å². The Labute approximate surface area is 32.8 Å². The lowest BCUT2D eigenvalue weighted by Crippen LogP contribution is -1.79.